The van der Waals surface area contributed by atoms with Crippen LogP contribution >= 0.6 is 0 Å². The van der Waals surface area contributed by atoms with E-state index >= 15 is 0 Å². The molecule has 2 saturated heterocycles. The minimum Gasteiger partial charge on any atom is -0.395 e. The van der Waals surface area contributed by atoms with Gasteiger partial charge in [0.05, 0.1) is 6.61 Å². The lowest BCUT2D eigenvalue weighted by molar-refractivity contribution is 0.0788. The first-order valence-corrected chi connectivity index (χ1v) is 6.52. The van der Waals surface area contributed by atoms with Gasteiger partial charge in [0.2, 0.25) is 0 Å². The number of nitrogens with one attached hydrogen (secondary N) is 1. The zero-order valence-corrected chi connectivity index (χ0v) is 10.0. The van der Waals surface area contributed by atoms with Crippen LogP contribution in [0, 0.1) is 0 Å². The van der Waals surface area contributed by atoms with Crippen LogP contribution in [0.1, 0.15) is 18.4 Å². The molecule has 2 aliphatic heterocycles. The number of nitrogens with zero attached hydrogens (tertiary/aromatic N) is 1. The molecule has 0 spiro atoms. The highest BCUT2D eigenvalue weighted by Crippen LogP contribution is 2.31. The molecule has 3 heteroatoms. The van der Waals surface area contributed by atoms with Gasteiger partial charge < -0.3 is 10.4 Å². The van der Waals surface area contributed by atoms with E-state index in [0.717, 1.165) is 13.1 Å². The molecule has 1 aromatic rings. The first kappa shape index (κ1) is 11.2. The summed E-state index contributed by atoms with van der Waals surface area (Å²) >= 11 is 0. The standard InChI is InChI=1S/C14H20N2O/c17-10-13-14-7-6-12(8-15-13)16(14)9-11-4-2-1-3-5-11/h1-5,12-15,17H,6-10H2. The van der Waals surface area contributed by atoms with Crippen LogP contribution < -0.4 is 5.32 Å². The zero-order chi connectivity index (χ0) is 11.7. The number of benzene rings is 1. The first-order chi connectivity index (χ1) is 8.38. The van der Waals surface area contributed by atoms with Crippen molar-refractivity contribution in [2.75, 3.05) is 13.2 Å². The summed E-state index contributed by atoms with van der Waals surface area (Å²) in [7, 11) is 0. The summed E-state index contributed by atoms with van der Waals surface area (Å²) in [5.74, 6) is 0. The molecule has 1 aromatic carbocycles. The largest absolute Gasteiger partial charge is 0.395 e. The minimum atomic E-state index is 0.253. The van der Waals surface area contributed by atoms with E-state index in [1.54, 1.807) is 0 Å². The molecule has 17 heavy (non-hydrogen) atoms. The lowest BCUT2D eigenvalue weighted by Crippen LogP contribution is -2.58. The van der Waals surface area contributed by atoms with E-state index in [-0.39, 0.29) is 12.6 Å². The summed E-state index contributed by atoms with van der Waals surface area (Å²) in [5.41, 5.74) is 1.38. The molecule has 0 saturated carbocycles. The molecule has 3 nitrogen and oxygen atoms in total. The predicted molar refractivity (Wildman–Crippen MR) is 67.7 cm³/mol. The van der Waals surface area contributed by atoms with Crippen molar-refractivity contribution >= 4 is 0 Å². The van der Waals surface area contributed by atoms with Gasteiger partial charge >= 0.3 is 0 Å². The van der Waals surface area contributed by atoms with Crippen LogP contribution in [-0.4, -0.2) is 41.3 Å². The number of aliphatic hydroxyl groups is 1. The molecule has 0 aromatic heterocycles. The number of hydrogen-bond acceptors (Lipinski definition) is 3. The van der Waals surface area contributed by atoms with Crippen LogP contribution in [0.2, 0.25) is 0 Å². The van der Waals surface area contributed by atoms with Gasteiger partial charge in [-0.05, 0) is 18.4 Å². The van der Waals surface area contributed by atoms with Crippen molar-refractivity contribution in [3.63, 3.8) is 0 Å². The fourth-order valence-electron chi connectivity index (χ4n) is 3.27. The third kappa shape index (κ3) is 2.10. The molecule has 2 aliphatic rings. The summed E-state index contributed by atoms with van der Waals surface area (Å²) in [4.78, 5) is 2.58. The number of fused-ring (bicyclic) bond motifs is 2. The van der Waals surface area contributed by atoms with Crippen LogP contribution in [-0.2, 0) is 6.54 Å². The second-order valence-electron chi connectivity index (χ2n) is 5.15. The quantitative estimate of drug-likeness (QED) is 0.815. The third-order valence-electron chi connectivity index (χ3n) is 4.18. The fraction of sp³-hybridized carbons (Fsp3) is 0.571. The smallest absolute Gasteiger partial charge is 0.0600 e. The van der Waals surface area contributed by atoms with Gasteiger partial charge in [0.15, 0.2) is 0 Å². The molecular formula is C14H20N2O. The van der Waals surface area contributed by atoms with Gasteiger partial charge in [0.25, 0.3) is 0 Å². The summed E-state index contributed by atoms with van der Waals surface area (Å²) in [5, 5.41) is 12.9. The molecule has 3 unspecified atom stereocenters. The Kier molecular flexibility index (Phi) is 3.14. The van der Waals surface area contributed by atoms with E-state index in [4.69, 9.17) is 0 Å². The molecular weight excluding hydrogens is 212 g/mol. The topological polar surface area (TPSA) is 35.5 Å². The Morgan fingerprint density at radius 2 is 2.06 bits per heavy atom. The van der Waals surface area contributed by atoms with Gasteiger partial charge in [-0.3, -0.25) is 4.90 Å². The van der Waals surface area contributed by atoms with Gasteiger partial charge in [-0.15, -0.1) is 0 Å². The molecule has 2 N–H and O–H groups in total. The fourth-order valence-corrected chi connectivity index (χ4v) is 3.27. The van der Waals surface area contributed by atoms with E-state index in [2.05, 4.69) is 40.5 Å². The second-order valence-corrected chi connectivity index (χ2v) is 5.15. The van der Waals surface area contributed by atoms with Gasteiger partial charge in [-0.2, -0.15) is 0 Å². The SMILES string of the molecule is OCC1NCC2CCC1N2Cc1ccccc1. The van der Waals surface area contributed by atoms with Crippen molar-refractivity contribution in [2.24, 2.45) is 0 Å². The highest BCUT2D eigenvalue weighted by atomic mass is 16.3. The molecule has 2 heterocycles. The Hall–Kier alpha value is -0.900. The van der Waals surface area contributed by atoms with Crippen molar-refractivity contribution in [1.29, 1.82) is 0 Å². The molecule has 92 valence electrons. The monoisotopic (exact) mass is 232 g/mol. The normalized spacial score (nSPS) is 32.9. The summed E-state index contributed by atoms with van der Waals surface area (Å²) in [6, 6.07) is 12.1. The van der Waals surface area contributed by atoms with Gasteiger partial charge in [-0.1, -0.05) is 30.3 Å². The van der Waals surface area contributed by atoms with Gasteiger partial charge in [0.1, 0.15) is 0 Å². The maximum Gasteiger partial charge on any atom is 0.0600 e. The Morgan fingerprint density at radius 1 is 1.24 bits per heavy atom. The Morgan fingerprint density at radius 3 is 2.82 bits per heavy atom. The second kappa shape index (κ2) is 4.77. The van der Waals surface area contributed by atoms with Crippen LogP contribution in [0.4, 0.5) is 0 Å². The van der Waals surface area contributed by atoms with Crippen molar-refractivity contribution in [2.45, 2.75) is 37.5 Å². The molecule has 2 bridgehead atoms. The zero-order valence-electron chi connectivity index (χ0n) is 10.0. The van der Waals surface area contributed by atoms with Crippen LogP contribution in [0.25, 0.3) is 0 Å². The summed E-state index contributed by atoms with van der Waals surface area (Å²) in [6.07, 6.45) is 2.48. The van der Waals surface area contributed by atoms with Crippen molar-refractivity contribution in [1.82, 2.24) is 10.2 Å². The van der Waals surface area contributed by atoms with Crippen molar-refractivity contribution in [3.8, 4) is 0 Å². The lowest BCUT2D eigenvalue weighted by Gasteiger charge is -2.40. The Labute approximate surface area is 102 Å². The Balaban J connectivity index is 1.75. The van der Waals surface area contributed by atoms with Gasteiger partial charge in [0, 0.05) is 31.2 Å². The molecule has 0 amide bonds. The first-order valence-electron chi connectivity index (χ1n) is 6.52. The summed E-state index contributed by atoms with van der Waals surface area (Å²) < 4.78 is 0. The average molecular weight is 232 g/mol. The lowest BCUT2D eigenvalue weighted by atomic mass is 10.0. The van der Waals surface area contributed by atoms with E-state index in [9.17, 15) is 5.11 Å². The van der Waals surface area contributed by atoms with E-state index in [1.807, 2.05) is 0 Å². The van der Waals surface area contributed by atoms with Crippen molar-refractivity contribution < 1.29 is 5.11 Å². The minimum absolute atomic E-state index is 0.253. The number of rotatable bonds is 3. The molecule has 3 rings (SSSR count). The highest BCUT2D eigenvalue weighted by molar-refractivity contribution is 5.16. The van der Waals surface area contributed by atoms with Crippen molar-refractivity contribution in [3.05, 3.63) is 35.9 Å². The average Bonchev–Trinajstić information content (AvgIpc) is 2.64. The van der Waals surface area contributed by atoms with Crippen LogP contribution in [0.3, 0.4) is 0 Å². The molecule has 0 radical (unpaired) electrons. The van der Waals surface area contributed by atoms with Crippen LogP contribution in [0.5, 0.6) is 0 Å². The molecule has 0 aliphatic carbocycles. The molecule has 3 atom stereocenters. The van der Waals surface area contributed by atoms with E-state index in [0.29, 0.717) is 12.1 Å². The number of aliphatic hydroxyl groups excluding tert-OH is 1. The number of hydrogen-bond donors (Lipinski definition) is 2. The van der Waals surface area contributed by atoms with Gasteiger partial charge in [-0.25, -0.2) is 0 Å². The third-order valence-corrected chi connectivity index (χ3v) is 4.18. The van der Waals surface area contributed by atoms with E-state index in [1.165, 1.54) is 18.4 Å². The maximum absolute atomic E-state index is 9.41. The number of piperazine rings is 1. The summed E-state index contributed by atoms with van der Waals surface area (Å²) in [6.45, 7) is 2.30. The van der Waals surface area contributed by atoms with Crippen LogP contribution in [0.15, 0.2) is 30.3 Å². The molecule has 2 fully saturated rings. The van der Waals surface area contributed by atoms with E-state index < -0.39 is 0 Å². The predicted octanol–water partition coefficient (Wildman–Crippen LogP) is 0.984. The maximum atomic E-state index is 9.41. The highest BCUT2D eigenvalue weighted by Gasteiger charge is 2.41. The Bertz CT molecular complexity index is 368.